The van der Waals surface area contributed by atoms with Gasteiger partial charge in [0.2, 0.25) is 0 Å². The first-order valence-electron chi connectivity index (χ1n) is 5.15. The number of hydrogen-bond donors (Lipinski definition) is 0. The molecule has 2 rings (SSSR count). The summed E-state index contributed by atoms with van der Waals surface area (Å²) >= 11 is 3.37. The molecular formula is C13H12BrNO2. The van der Waals surface area contributed by atoms with E-state index in [2.05, 4.69) is 20.9 Å². The topological polar surface area (TPSA) is 31.4 Å². The molecule has 0 amide bonds. The van der Waals surface area contributed by atoms with E-state index in [-0.39, 0.29) is 0 Å². The van der Waals surface area contributed by atoms with Gasteiger partial charge >= 0.3 is 0 Å². The molecule has 0 bridgehead atoms. The number of methoxy groups -OCH3 is 1. The highest BCUT2D eigenvalue weighted by atomic mass is 79.9. The molecule has 0 aliphatic carbocycles. The van der Waals surface area contributed by atoms with Gasteiger partial charge in [-0.05, 0) is 34.1 Å². The smallest absolute Gasteiger partial charge is 0.161 e. The maximum Gasteiger partial charge on any atom is 0.161 e. The summed E-state index contributed by atoms with van der Waals surface area (Å²) in [5.74, 6) is 1.46. The molecule has 3 nitrogen and oxygen atoms in total. The largest absolute Gasteiger partial charge is 0.493 e. The fourth-order valence-corrected chi connectivity index (χ4v) is 1.85. The summed E-state index contributed by atoms with van der Waals surface area (Å²) < 4.78 is 11.8. The van der Waals surface area contributed by atoms with Crippen LogP contribution in [0.2, 0.25) is 0 Å². The van der Waals surface area contributed by atoms with Crippen molar-refractivity contribution in [1.82, 2.24) is 4.98 Å². The number of rotatable bonds is 4. The molecule has 0 atom stereocenters. The first-order chi connectivity index (χ1) is 8.29. The maximum absolute atomic E-state index is 5.68. The third-order valence-electron chi connectivity index (χ3n) is 2.22. The molecule has 2 aromatic rings. The zero-order chi connectivity index (χ0) is 12.1. The van der Waals surface area contributed by atoms with E-state index in [4.69, 9.17) is 9.47 Å². The van der Waals surface area contributed by atoms with Crippen molar-refractivity contribution < 1.29 is 9.47 Å². The molecule has 4 heteroatoms. The second-order valence-electron chi connectivity index (χ2n) is 3.45. The molecule has 0 saturated heterocycles. The molecule has 0 N–H and O–H groups in total. The van der Waals surface area contributed by atoms with Crippen LogP contribution in [0, 0.1) is 0 Å². The normalized spacial score (nSPS) is 10.0. The molecule has 1 aromatic heterocycles. The van der Waals surface area contributed by atoms with E-state index in [9.17, 15) is 0 Å². The van der Waals surface area contributed by atoms with Gasteiger partial charge in [-0.25, -0.2) is 0 Å². The molecule has 0 aliphatic heterocycles. The van der Waals surface area contributed by atoms with Crippen molar-refractivity contribution in [3.63, 3.8) is 0 Å². The van der Waals surface area contributed by atoms with E-state index >= 15 is 0 Å². The first kappa shape index (κ1) is 11.9. The SMILES string of the molecule is COc1ccccc1OCc1cncc(Br)c1. The Hall–Kier alpha value is -1.55. The maximum atomic E-state index is 5.68. The number of hydrogen-bond acceptors (Lipinski definition) is 3. The standard InChI is InChI=1S/C13H12BrNO2/c1-16-12-4-2-3-5-13(12)17-9-10-6-11(14)8-15-7-10/h2-8H,9H2,1H3. The fourth-order valence-electron chi connectivity index (χ4n) is 1.43. The van der Waals surface area contributed by atoms with Gasteiger partial charge in [-0.2, -0.15) is 0 Å². The lowest BCUT2D eigenvalue weighted by atomic mass is 10.3. The summed E-state index contributed by atoms with van der Waals surface area (Å²) in [6.07, 6.45) is 3.52. The van der Waals surface area contributed by atoms with Gasteiger partial charge in [-0.3, -0.25) is 4.98 Å². The van der Waals surface area contributed by atoms with Crippen molar-refractivity contribution in [2.75, 3.05) is 7.11 Å². The molecule has 0 aliphatic rings. The monoisotopic (exact) mass is 293 g/mol. The molecule has 0 fully saturated rings. The number of ether oxygens (including phenoxy) is 2. The summed E-state index contributed by atoms with van der Waals surface area (Å²) in [4.78, 5) is 4.08. The number of aromatic nitrogens is 1. The minimum Gasteiger partial charge on any atom is -0.493 e. The number of para-hydroxylation sites is 2. The van der Waals surface area contributed by atoms with Crippen molar-refractivity contribution in [1.29, 1.82) is 0 Å². The van der Waals surface area contributed by atoms with Crippen molar-refractivity contribution in [2.45, 2.75) is 6.61 Å². The average Bonchev–Trinajstić information content (AvgIpc) is 2.37. The molecule has 0 saturated carbocycles. The van der Waals surface area contributed by atoms with Crippen molar-refractivity contribution in [3.8, 4) is 11.5 Å². The van der Waals surface area contributed by atoms with Crippen LogP contribution in [0.4, 0.5) is 0 Å². The Labute approximate surface area is 109 Å². The van der Waals surface area contributed by atoms with Crippen LogP contribution in [-0.4, -0.2) is 12.1 Å². The van der Waals surface area contributed by atoms with E-state index in [1.807, 2.05) is 30.3 Å². The van der Waals surface area contributed by atoms with Crippen molar-refractivity contribution >= 4 is 15.9 Å². The lowest BCUT2D eigenvalue weighted by Crippen LogP contribution is -1.98. The summed E-state index contributed by atoms with van der Waals surface area (Å²) in [5, 5.41) is 0. The second-order valence-corrected chi connectivity index (χ2v) is 4.37. The van der Waals surface area contributed by atoms with Gasteiger partial charge in [0.25, 0.3) is 0 Å². The van der Waals surface area contributed by atoms with Gasteiger partial charge in [0.15, 0.2) is 11.5 Å². The zero-order valence-electron chi connectivity index (χ0n) is 9.39. The van der Waals surface area contributed by atoms with Gasteiger partial charge < -0.3 is 9.47 Å². The van der Waals surface area contributed by atoms with E-state index in [1.165, 1.54) is 0 Å². The second kappa shape index (κ2) is 5.68. The predicted molar refractivity (Wildman–Crippen MR) is 69.3 cm³/mol. The fraction of sp³-hybridized carbons (Fsp3) is 0.154. The van der Waals surface area contributed by atoms with Gasteiger partial charge in [0.05, 0.1) is 7.11 Å². The molecule has 1 aromatic carbocycles. The Morgan fingerprint density at radius 3 is 2.65 bits per heavy atom. The molecule has 1 heterocycles. The van der Waals surface area contributed by atoms with Crippen molar-refractivity contribution in [3.05, 3.63) is 52.8 Å². The Balaban J connectivity index is 2.07. The highest BCUT2D eigenvalue weighted by molar-refractivity contribution is 9.10. The molecular weight excluding hydrogens is 282 g/mol. The van der Waals surface area contributed by atoms with Crippen LogP contribution >= 0.6 is 15.9 Å². The Morgan fingerprint density at radius 1 is 1.18 bits per heavy atom. The van der Waals surface area contributed by atoms with Gasteiger partial charge in [0.1, 0.15) is 6.61 Å². The number of halogens is 1. The lowest BCUT2D eigenvalue weighted by Gasteiger charge is -2.10. The van der Waals surface area contributed by atoms with Crippen LogP contribution in [-0.2, 0) is 6.61 Å². The number of benzene rings is 1. The van der Waals surface area contributed by atoms with Gasteiger partial charge in [-0.15, -0.1) is 0 Å². The Bertz CT molecular complexity index is 502. The number of pyridine rings is 1. The van der Waals surface area contributed by atoms with E-state index < -0.39 is 0 Å². The van der Waals surface area contributed by atoms with Crippen LogP contribution in [0.15, 0.2) is 47.2 Å². The Morgan fingerprint density at radius 2 is 1.94 bits per heavy atom. The van der Waals surface area contributed by atoms with Gasteiger partial charge in [-0.1, -0.05) is 12.1 Å². The van der Waals surface area contributed by atoms with Gasteiger partial charge in [0, 0.05) is 22.4 Å². The van der Waals surface area contributed by atoms with Crippen LogP contribution in [0.1, 0.15) is 5.56 Å². The van der Waals surface area contributed by atoms with E-state index in [1.54, 1.807) is 19.5 Å². The Kier molecular flexibility index (Phi) is 3.98. The third-order valence-corrected chi connectivity index (χ3v) is 2.66. The third kappa shape index (κ3) is 3.20. The van der Waals surface area contributed by atoms with Crippen molar-refractivity contribution in [2.24, 2.45) is 0 Å². The molecule has 0 unspecified atom stereocenters. The quantitative estimate of drug-likeness (QED) is 0.865. The van der Waals surface area contributed by atoms with Crippen LogP contribution < -0.4 is 9.47 Å². The van der Waals surface area contributed by atoms with Crippen LogP contribution in [0.3, 0.4) is 0 Å². The lowest BCUT2D eigenvalue weighted by molar-refractivity contribution is 0.284. The minimum absolute atomic E-state index is 0.465. The molecule has 88 valence electrons. The molecule has 17 heavy (non-hydrogen) atoms. The average molecular weight is 294 g/mol. The highest BCUT2D eigenvalue weighted by Crippen LogP contribution is 2.26. The zero-order valence-corrected chi connectivity index (χ0v) is 11.0. The summed E-state index contributed by atoms with van der Waals surface area (Å²) in [7, 11) is 1.63. The van der Waals surface area contributed by atoms with Crippen LogP contribution in [0.5, 0.6) is 11.5 Å². The predicted octanol–water partition coefficient (Wildman–Crippen LogP) is 3.43. The molecule has 0 radical (unpaired) electrons. The van der Waals surface area contributed by atoms with E-state index in [0.717, 1.165) is 21.5 Å². The van der Waals surface area contributed by atoms with Crippen LogP contribution in [0.25, 0.3) is 0 Å². The summed E-state index contributed by atoms with van der Waals surface area (Å²) in [5.41, 5.74) is 1.00. The molecule has 0 spiro atoms. The number of nitrogens with zero attached hydrogens (tertiary/aromatic N) is 1. The summed E-state index contributed by atoms with van der Waals surface area (Å²) in [6.45, 7) is 0.465. The first-order valence-corrected chi connectivity index (χ1v) is 5.94. The minimum atomic E-state index is 0.465. The van der Waals surface area contributed by atoms with E-state index in [0.29, 0.717) is 6.61 Å². The summed E-state index contributed by atoms with van der Waals surface area (Å²) in [6, 6.07) is 9.55. The highest BCUT2D eigenvalue weighted by Gasteiger charge is 2.03.